The lowest BCUT2D eigenvalue weighted by Gasteiger charge is -2.33. The van der Waals surface area contributed by atoms with Gasteiger partial charge in [0.25, 0.3) is 5.91 Å². The average molecular weight is 375 g/mol. The number of thiophene rings is 1. The van der Waals surface area contributed by atoms with Gasteiger partial charge in [-0.25, -0.2) is 9.18 Å². The Morgan fingerprint density at radius 1 is 1.23 bits per heavy atom. The minimum Gasteiger partial charge on any atom is -0.478 e. The number of carboxylic acid groups (broad SMARTS) is 1. The summed E-state index contributed by atoms with van der Waals surface area (Å²) in [5.74, 6) is -1.40. The fraction of sp³-hybridized carbons (Fsp3) is 0.400. The van der Waals surface area contributed by atoms with Crippen molar-refractivity contribution in [2.24, 2.45) is 11.3 Å². The van der Waals surface area contributed by atoms with E-state index in [1.807, 2.05) is 0 Å². The molecule has 4 nitrogen and oxygen atoms in total. The smallest absolute Gasteiger partial charge is 0.339 e. The van der Waals surface area contributed by atoms with Crippen LogP contribution in [0.5, 0.6) is 0 Å². The first kappa shape index (κ1) is 18.6. The van der Waals surface area contributed by atoms with Gasteiger partial charge >= 0.3 is 5.97 Å². The molecule has 138 valence electrons. The standard InChI is InChI=1S/C20H22FNO3S/c1-20(2,3)12-6-9-14-15(10-12)26-18(16(14)19(24)25)22-17(23)11-4-7-13(21)8-5-11/h4-5,7-8,12H,6,9-10H2,1-3H3,(H,22,23)(H,24,25). The maximum Gasteiger partial charge on any atom is 0.339 e. The molecule has 0 fully saturated rings. The Hall–Kier alpha value is -2.21. The minimum atomic E-state index is -1.02. The van der Waals surface area contributed by atoms with E-state index in [0.29, 0.717) is 22.9 Å². The van der Waals surface area contributed by atoms with Crippen molar-refractivity contribution in [2.75, 3.05) is 5.32 Å². The molecule has 1 atom stereocenters. The van der Waals surface area contributed by atoms with Crippen molar-refractivity contribution >= 4 is 28.2 Å². The van der Waals surface area contributed by atoms with E-state index in [2.05, 4.69) is 26.1 Å². The maximum absolute atomic E-state index is 13.0. The first-order valence-electron chi connectivity index (χ1n) is 8.61. The number of nitrogens with one attached hydrogen (secondary N) is 1. The Balaban J connectivity index is 1.91. The molecular formula is C20H22FNO3S. The molecule has 0 bridgehead atoms. The Bertz CT molecular complexity index is 849. The predicted octanol–water partition coefficient (Wildman–Crippen LogP) is 4.99. The van der Waals surface area contributed by atoms with Gasteiger partial charge in [-0.3, -0.25) is 4.79 Å². The van der Waals surface area contributed by atoms with E-state index >= 15 is 0 Å². The maximum atomic E-state index is 13.0. The van der Waals surface area contributed by atoms with Crippen LogP contribution in [0.25, 0.3) is 0 Å². The second-order valence-electron chi connectivity index (χ2n) is 7.78. The number of amides is 1. The molecule has 1 aliphatic rings. The topological polar surface area (TPSA) is 66.4 Å². The number of halogens is 1. The summed E-state index contributed by atoms with van der Waals surface area (Å²) in [4.78, 5) is 25.3. The monoisotopic (exact) mass is 375 g/mol. The first-order valence-corrected chi connectivity index (χ1v) is 9.43. The highest BCUT2D eigenvalue weighted by Crippen LogP contribution is 2.44. The highest BCUT2D eigenvalue weighted by molar-refractivity contribution is 7.17. The molecule has 1 unspecified atom stereocenters. The third-order valence-corrected chi connectivity index (χ3v) is 6.21. The van der Waals surface area contributed by atoms with Gasteiger partial charge < -0.3 is 10.4 Å². The molecule has 1 aromatic carbocycles. The van der Waals surface area contributed by atoms with E-state index in [9.17, 15) is 19.1 Å². The summed E-state index contributed by atoms with van der Waals surface area (Å²) in [6.45, 7) is 6.60. The van der Waals surface area contributed by atoms with Crippen LogP contribution in [-0.4, -0.2) is 17.0 Å². The van der Waals surface area contributed by atoms with Crippen molar-refractivity contribution in [2.45, 2.75) is 40.0 Å². The molecule has 1 aromatic heterocycles. The van der Waals surface area contributed by atoms with Crippen molar-refractivity contribution < 1.29 is 19.1 Å². The summed E-state index contributed by atoms with van der Waals surface area (Å²) in [6.07, 6.45) is 2.48. The summed E-state index contributed by atoms with van der Waals surface area (Å²) < 4.78 is 13.0. The van der Waals surface area contributed by atoms with Gasteiger partial charge in [-0.1, -0.05) is 20.8 Å². The normalized spacial score (nSPS) is 16.8. The zero-order valence-electron chi connectivity index (χ0n) is 15.1. The zero-order chi connectivity index (χ0) is 19.1. The van der Waals surface area contributed by atoms with E-state index in [0.717, 1.165) is 23.3 Å². The number of hydrogen-bond donors (Lipinski definition) is 2. The van der Waals surface area contributed by atoms with E-state index in [-0.39, 0.29) is 11.0 Å². The molecule has 0 radical (unpaired) electrons. The Morgan fingerprint density at radius 3 is 2.46 bits per heavy atom. The quantitative estimate of drug-likeness (QED) is 0.794. The van der Waals surface area contributed by atoms with E-state index in [4.69, 9.17) is 0 Å². The molecule has 2 N–H and O–H groups in total. The summed E-state index contributed by atoms with van der Waals surface area (Å²) in [5, 5.41) is 12.7. The van der Waals surface area contributed by atoms with Crippen molar-refractivity contribution in [3.63, 3.8) is 0 Å². The number of carbonyl (C=O) groups excluding carboxylic acids is 1. The molecule has 6 heteroatoms. The van der Waals surface area contributed by atoms with Crippen molar-refractivity contribution in [1.82, 2.24) is 0 Å². The molecule has 0 spiro atoms. The van der Waals surface area contributed by atoms with Gasteiger partial charge in [-0.05, 0) is 60.4 Å². The first-order chi connectivity index (χ1) is 12.2. The van der Waals surface area contributed by atoms with Crippen molar-refractivity contribution in [3.8, 4) is 0 Å². The average Bonchev–Trinajstić information content (AvgIpc) is 2.91. The molecule has 1 amide bonds. The van der Waals surface area contributed by atoms with Gasteiger partial charge in [-0.2, -0.15) is 0 Å². The molecule has 3 rings (SSSR count). The molecular weight excluding hydrogens is 353 g/mol. The predicted molar refractivity (Wildman–Crippen MR) is 101 cm³/mol. The number of anilines is 1. The Morgan fingerprint density at radius 2 is 1.88 bits per heavy atom. The van der Waals surface area contributed by atoms with Crippen LogP contribution in [0.2, 0.25) is 0 Å². The number of benzene rings is 1. The number of fused-ring (bicyclic) bond motifs is 1. The molecule has 1 heterocycles. The molecule has 26 heavy (non-hydrogen) atoms. The van der Waals surface area contributed by atoms with Crippen molar-refractivity contribution in [1.29, 1.82) is 0 Å². The number of rotatable bonds is 3. The van der Waals surface area contributed by atoms with Crippen molar-refractivity contribution in [3.05, 3.63) is 51.7 Å². The SMILES string of the molecule is CC(C)(C)C1CCc2c(sc(NC(=O)c3ccc(F)cc3)c2C(=O)O)C1. The Labute approximate surface area is 156 Å². The summed E-state index contributed by atoms with van der Waals surface area (Å²) >= 11 is 1.35. The highest BCUT2D eigenvalue weighted by Gasteiger charge is 2.34. The largest absolute Gasteiger partial charge is 0.478 e. The number of carbonyl (C=O) groups is 2. The molecule has 1 aliphatic carbocycles. The third-order valence-electron chi connectivity index (χ3n) is 5.04. The number of hydrogen-bond acceptors (Lipinski definition) is 3. The van der Waals surface area contributed by atoms with Crippen LogP contribution >= 0.6 is 11.3 Å². The lowest BCUT2D eigenvalue weighted by atomic mass is 9.72. The second kappa shape index (κ2) is 6.83. The molecule has 0 saturated heterocycles. The third kappa shape index (κ3) is 3.65. The summed E-state index contributed by atoms with van der Waals surface area (Å²) in [7, 11) is 0. The van der Waals surface area contributed by atoms with Gasteiger partial charge in [0.05, 0.1) is 5.56 Å². The lowest BCUT2D eigenvalue weighted by Crippen LogP contribution is -2.26. The minimum absolute atomic E-state index is 0.155. The fourth-order valence-corrected chi connectivity index (χ4v) is 4.73. The van der Waals surface area contributed by atoms with Crippen LogP contribution in [0.3, 0.4) is 0 Å². The number of carboxylic acids is 1. The van der Waals surface area contributed by atoms with Crippen LogP contribution < -0.4 is 5.32 Å². The molecule has 0 saturated carbocycles. The van der Waals surface area contributed by atoms with E-state index in [1.165, 1.54) is 35.6 Å². The number of aromatic carboxylic acids is 1. The van der Waals surface area contributed by atoms with Crippen LogP contribution in [0, 0.1) is 17.2 Å². The van der Waals surface area contributed by atoms with Gasteiger partial charge in [0.2, 0.25) is 0 Å². The highest BCUT2D eigenvalue weighted by atomic mass is 32.1. The van der Waals surface area contributed by atoms with Crippen LogP contribution in [0.1, 0.15) is 58.3 Å². The van der Waals surface area contributed by atoms with Crippen LogP contribution in [0.15, 0.2) is 24.3 Å². The van der Waals surface area contributed by atoms with E-state index in [1.54, 1.807) is 0 Å². The Kier molecular flexibility index (Phi) is 4.88. The van der Waals surface area contributed by atoms with E-state index < -0.39 is 17.7 Å². The van der Waals surface area contributed by atoms with Crippen LogP contribution in [0.4, 0.5) is 9.39 Å². The zero-order valence-corrected chi connectivity index (χ0v) is 15.9. The van der Waals surface area contributed by atoms with Gasteiger partial charge in [0.1, 0.15) is 10.8 Å². The second-order valence-corrected chi connectivity index (χ2v) is 8.89. The molecule has 0 aliphatic heterocycles. The van der Waals surface area contributed by atoms with Gasteiger partial charge in [0, 0.05) is 10.4 Å². The van der Waals surface area contributed by atoms with Crippen LogP contribution in [-0.2, 0) is 12.8 Å². The molecule has 2 aromatic rings. The van der Waals surface area contributed by atoms with Gasteiger partial charge in [0.15, 0.2) is 0 Å². The summed E-state index contributed by atoms with van der Waals surface area (Å²) in [5.41, 5.74) is 1.50. The lowest BCUT2D eigenvalue weighted by molar-refractivity contribution is 0.0696. The summed E-state index contributed by atoms with van der Waals surface area (Å²) in [6, 6.07) is 5.18. The fourth-order valence-electron chi connectivity index (χ4n) is 3.42. The van der Waals surface area contributed by atoms with Gasteiger partial charge in [-0.15, -0.1) is 11.3 Å².